The van der Waals surface area contributed by atoms with Crippen molar-refractivity contribution in [2.75, 3.05) is 19.7 Å². The van der Waals surface area contributed by atoms with Gasteiger partial charge in [0.15, 0.2) is 0 Å². The summed E-state index contributed by atoms with van der Waals surface area (Å²) < 4.78 is 21.8. The summed E-state index contributed by atoms with van der Waals surface area (Å²) in [6.45, 7) is 0.547. The number of hydrogen-bond donors (Lipinski definition) is 1. The number of hydrogen-bond acceptors (Lipinski definition) is 3. The lowest BCUT2D eigenvalue weighted by Crippen LogP contribution is -2.34. The molecular formula is C19H21BrNO4P. The fourth-order valence-electron chi connectivity index (χ4n) is 3.03. The first-order valence-electron chi connectivity index (χ1n) is 8.57. The second-order valence-corrected chi connectivity index (χ2v) is 9.55. The molecule has 2 aromatic carbocycles. The molecule has 0 aliphatic carbocycles. The van der Waals surface area contributed by atoms with Crippen molar-refractivity contribution in [1.29, 1.82) is 0 Å². The minimum Gasteiger partial charge on any atom is -0.480 e. The Morgan fingerprint density at radius 2 is 1.65 bits per heavy atom. The molecule has 1 heterocycles. The van der Waals surface area contributed by atoms with Gasteiger partial charge in [0.25, 0.3) is 0 Å². The van der Waals surface area contributed by atoms with Crippen LogP contribution in [0.25, 0.3) is 11.1 Å². The maximum absolute atomic E-state index is 13.6. The minimum atomic E-state index is -3.38. The van der Waals surface area contributed by atoms with Gasteiger partial charge in [-0.2, -0.15) is 0 Å². The van der Waals surface area contributed by atoms with Crippen LogP contribution in [0.2, 0.25) is 0 Å². The van der Waals surface area contributed by atoms with Crippen molar-refractivity contribution in [3.8, 4) is 11.1 Å². The highest BCUT2D eigenvalue weighted by atomic mass is 79.9. The van der Waals surface area contributed by atoms with E-state index in [0.717, 1.165) is 34.9 Å². The van der Waals surface area contributed by atoms with E-state index in [1.807, 2.05) is 36.4 Å². The molecule has 0 saturated carbocycles. The van der Waals surface area contributed by atoms with Gasteiger partial charge in [-0.15, -0.1) is 0 Å². The zero-order valence-corrected chi connectivity index (χ0v) is 16.8. The van der Waals surface area contributed by atoms with Crippen molar-refractivity contribution in [1.82, 2.24) is 4.67 Å². The molecule has 7 heteroatoms. The van der Waals surface area contributed by atoms with E-state index in [2.05, 4.69) is 15.9 Å². The quantitative estimate of drug-likeness (QED) is 0.712. The first-order chi connectivity index (χ1) is 12.5. The number of nitrogens with zero attached hydrogens (tertiary/aromatic N) is 1. The van der Waals surface area contributed by atoms with Crippen LogP contribution in [0.5, 0.6) is 0 Å². The third-order valence-corrected chi connectivity index (χ3v) is 7.49. The van der Waals surface area contributed by atoms with Gasteiger partial charge in [0.05, 0.1) is 11.9 Å². The van der Waals surface area contributed by atoms with E-state index < -0.39 is 13.5 Å². The van der Waals surface area contributed by atoms with E-state index in [4.69, 9.17) is 4.52 Å². The molecule has 0 amide bonds. The third kappa shape index (κ3) is 4.44. The highest BCUT2D eigenvalue weighted by molar-refractivity contribution is 9.10. The van der Waals surface area contributed by atoms with Gasteiger partial charge in [-0.3, -0.25) is 9.36 Å². The Bertz CT molecular complexity index is 807. The summed E-state index contributed by atoms with van der Waals surface area (Å²) in [6, 6.07) is 15.3. The monoisotopic (exact) mass is 437 g/mol. The molecule has 1 aliphatic heterocycles. The van der Waals surface area contributed by atoms with Crippen molar-refractivity contribution in [3.05, 3.63) is 53.0 Å². The lowest BCUT2D eigenvalue weighted by molar-refractivity contribution is -0.137. The smallest absolute Gasteiger partial charge is 0.318 e. The number of carboxylic acids is 1. The average Bonchev–Trinajstić information content (AvgIpc) is 2.62. The van der Waals surface area contributed by atoms with E-state index in [1.54, 1.807) is 12.1 Å². The Hall–Kier alpha value is -1.46. The molecule has 0 bridgehead atoms. The topological polar surface area (TPSA) is 66.8 Å². The summed E-state index contributed by atoms with van der Waals surface area (Å²) in [5.41, 5.74) is 2.06. The van der Waals surface area contributed by atoms with E-state index >= 15 is 0 Å². The van der Waals surface area contributed by atoms with E-state index in [0.29, 0.717) is 18.5 Å². The zero-order chi connectivity index (χ0) is 18.6. The van der Waals surface area contributed by atoms with Crippen molar-refractivity contribution in [3.63, 3.8) is 0 Å². The molecule has 1 fully saturated rings. The Kier molecular flexibility index (Phi) is 6.30. The molecule has 1 atom stereocenters. The molecule has 1 N–H and O–H groups in total. The molecule has 26 heavy (non-hydrogen) atoms. The Labute approximate surface area is 161 Å². The van der Waals surface area contributed by atoms with E-state index in [1.165, 1.54) is 4.67 Å². The number of halogens is 1. The summed E-state index contributed by atoms with van der Waals surface area (Å²) in [5.74, 6) is -0.999. The van der Waals surface area contributed by atoms with Crippen LogP contribution in [-0.4, -0.2) is 35.4 Å². The van der Waals surface area contributed by atoms with Crippen molar-refractivity contribution in [2.24, 2.45) is 0 Å². The first-order valence-corrected chi connectivity index (χ1v) is 10.9. The van der Waals surface area contributed by atoms with Crippen molar-refractivity contribution >= 4 is 34.7 Å². The fourth-order valence-corrected chi connectivity index (χ4v) is 5.54. The maximum Gasteiger partial charge on any atom is 0.318 e. The first kappa shape index (κ1) is 19.3. The largest absolute Gasteiger partial charge is 0.480 e. The summed E-state index contributed by atoms with van der Waals surface area (Å²) in [5, 5.41) is 9.74. The Balaban J connectivity index is 1.91. The van der Waals surface area contributed by atoms with Gasteiger partial charge < -0.3 is 9.63 Å². The highest BCUT2D eigenvalue weighted by Gasteiger charge is 2.36. The van der Waals surface area contributed by atoms with Crippen LogP contribution >= 0.6 is 23.4 Å². The van der Waals surface area contributed by atoms with Crippen molar-refractivity contribution in [2.45, 2.75) is 19.3 Å². The van der Waals surface area contributed by atoms with Gasteiger partial charge in [0.1, 0.15) is 6.54 Å². The molecule has 2 aromatic rings. The third-order valence-electron chi connectivity index (χ3n) is 4.39. The Morgan fingerprint density at radius 1 is 1.04 bits per heavy atom. The van der Waals surface area contributed by atoms with Crippen LogP contribution < -0.4 is 5.30 Å². The number of carbonyl (C=O) groups is 1. The van der Waals surface area contributed by atoms with E-state index in [9.17, 15) is 14.5 Å². The van der Waals surface area contributed by atoms with Crippen LogP contribution in [0.1, 0.15) is 19.3 Å². The predicted octanol–water partition coefficient (Wildman–Crippen LogP) is 4.52. The van der Waals surface area contributed by atoms with Gasteiger partial charge in [-0.25, -0.2) is 4.67 Å². The second kappa shape index (κ2) is 8.49. The number of aliphatic carboxylic acids is 1. The number of carboxylic acid groups (broad SMARTS) is 1. The molecule has 3 rings (SSSR count). The molecule has 1 unspecified atom stereocenters. The van der Waals surface area contributed by atoms with Crippen LogP contribution in [0.15, 0.2) is 53.0 Å². The summed E-state index contributed by atoms with van der Waals surface area (Å²) in [4.78, 5) is 11.2. The standard InChI is InChI=1S/C19H21BrNO4P/c20-17-8-4-15(5-9-17)16-6-10-18(11-7-16)26(24)21(14-19(22)23)12-2-1-3-13-25-26/h4-11H,1-3,12-14H2,(H,22,23). The normalized spacial score (nSPS) is 21.7. The van der Waals surface area contributed by atoms with Gasteiger partial charge in [-0.1, -0.05) is 40.2 Å². The zero-order valence-electron chi connectivity index (χ0n) is 14.3. The Morgan fingerprint density at radius 3 is 2.27 bits per heavy atom. The summed E-state index contributed by atoms with van der Waals surface area (Å²) in [6.07, 6.45) is 2.60. The number of rotatable bonds is 4. The second-order valence-electron chi connectivity index (χ2n) is 6.25. The maximum atomic E-state index is 13.6. The average molecular weight is 438 g/mol. The van der Waals surface area contributed by atoms with Crippen LogP contribution in [0, 0.1) is 0 Å². The van der Waals surface area contributed by atoms with Crippen LogP contribution in [0.3, 0.4) is 0 Å². The lowest BCUT2D eigenvalue weighted by atomic mass is 10.1. The number of benzene rings is 2. The summed E-state index contributed by atoms with van der Waals surface area (Å²) in [7, 11) is -3.38. The molecule has 5 nitrogen and oxygen atoms in total. The minimum absolute atomic E-state index is 0.286. The SMILES string of the molecule is O=C(O)CN1CCCCCOP1(=O)c1ccc(-c2ccc(Br)cc2)cc1. The van der Waals surface area contributed by atoms with Gasteiger partial charge >= 0.3 is 13.5 Å². The molecule has 0 radical (unpaired) electrons. The van der Waals surface area contributed by atoms with E-state index in [-0.39, 0.29) is 6.54 Å². The molecule has 1 aliphatic rings. The van der Waals surface area contributed by atoms with Crippen LogP contribution in [0.4, 0.5) is 0 Å². The van der Waals surface area contributed by atoms with Crippen LogP contribution in [-0.2, 0) is 13.9 Å². The molecule has 138 valence electrons. The van der Waals surface area contributed by atoms with Crippen molar-refractivity contribution < 1.29 is 19.0 Å². The summed E-state index contributed by atoms with van der Waals surface area (Å²) >= 11 is 3.42. The lowest BCUT2D eigenvalue weighted by Gasteiger charge is -2.32. The molecule has 1 saturated heterocycles. The van der Waals surface area contributed by atoms with Gasteiger partial charge in [0, 0.05) is 11.0 Å². The molecule has 0 aromatic heterocycles. The predicted molar refractivity (Wildman–Crippen MR) is 106 cm³/mol. The van der Waals surface area contributed by atoms with Gasteiger partial charge in [-0.05, 0) is 54.7 Å². The fraction of sp³-hybridized carbons (Fsp3) is 0.316. The molecular weight excluding hydrogens is 417 g/mol. The highest BCUT2D eigenvalue weighted by Crippen LogP contribution is 2.50. The van der Waals surface area contributed by atoms with Gasteiger partial charge in [0.2, 0.25) is 0 Å². The molecule has 0 spiro atoms.